The number of benzene rings is 2. The molecule has 0 spiro atoms. The van der Waals surface area contributed by atoms with Crippen LogP contribution < -0.4 is 10.2 Å². The molecule has 1 N–H and O–H groups in total. The van der Waals surface area contributed by atoms with Crippen molar-refractivity contribution in [3.63, 3.8) is 0 Å². The number of halogens is 1. The van der Waals surface area contributed by atoms with Crippen molar-refractivity contribution >= 4 is 34.0 Å². The van der Waals surface area contributed by atoms with Gasteiger partial charge in [0.2, 0.25) is 0 Å². The lowest BCUT2D eigenvalue weighted by Crippen LogP contribution is -2.47. The number of hydrogen-bond donors (Lipinski definition) is 1. The van der Waals surface area contributed by atoms with Gasteiger partial charge in [-0.25, -0.2) is 4.39 Å². The van der Waals surface area contributed by atoms with Crippen molar-refractivity contribution in [1.29, 1.82) is 0 Å². The monoisotopic (exact) mass is 420 g/mol. The molecule has 0 bridgehead atoms. The molecule has 0 radical (unpaired) electrons. The summed E-state index contributed by atoms with van der Waals surface area (Å²) >= 11 is 0. The Bertz CT molecular complexity index is 1190. The molecule has 1 saturated heterocycles. The summed E-state index contributed by atoms with van der Waals surface area (Å²) < 4.78 is 18.7. The van der Waals surface area contributed by atoms with Crippen molar-refractivity contribution in [2.75, 3.05) is 42.9 Å². The van der Waals surface area contributed by atoms with Crippen LogP contribution in [0.2, 0.25) is 0 Å². The lowest BCUT2D eigenvalue weighted by Gasteiger charge is -2.34. The fourth-order valence-corrected chi connectivity index (χ4v) is 4.46. The van der Waals surface area contributed by atoms with Gasteiger partial charge in [-0.3, -0.25) is 9.69 Å². The number of allylic oxidation sites excluding steroid dienone is 1. The van der Waals surface area contributed by atoms with E-state index in [0.717, 1.165) is 72.7 Å². The summed E-state index contributed by atoms with van der Waals surface area (Å²) in [6.45, 7) is 8.48. The van der Waals surface area contributed by atoms with Gasteiger partial charge in [-0.05, 0) is 50.1 Å². The van der Waals surface area contributed by atoms with E-state index in [1.165, 1.54) is 17.7 Å². The zero-order chi connectivity index (χ0) is 21.5. The van der Waals surface area contributed by atoms with E-state index in [0.29, 0.717) is 5.58 Å². The van der Waals surface area contributed by atoms with Gasteiger partial charge in [0, 0.05) is 55.6 Å². The Balaban J connectivity index is 1.21. The molecule has 0 atom stereocenters. The van der Waals surface area contributed by atoms with Crippen LogP contribution in [0.1, 0.15) is 25.0 Å². The van der Waals surface area contributed by atoms with Crippen molar-refractivity contribution in [1.82, 2.24) is 10.1 Å². The van der Waals surface area contributed by atoms with E-state index in [1.54, 1.807) is 6.07 Å². The first kappa shape index (κ1) is 19.8. The number of aromatic nitrogens is 1. The number of hydrogen-bond acceptors (Lipinski definition) is 5. The third kappa shape index (κ3) is 3.70. The van der Waals surface area contributed by atoms with Crippen molar-refractivity contribution < 1.29 is 13.7 Å². The van der Waals surface area contributed by atoms with Crippen LogP contribution in [0.4, 0.5) is 15.9 Å². The van der Waals surface area contributed by atoms with Crippen LogP contribution in [-0.2, 0) is 11.2 Å². The van der Waals surface area contributed by atoms with Gasteiger partial charge >= 0.3 is 0 Å². The molecule has 7 heteroatoms. The fourth-order valence-electron chi connectivity index (χ4n) is 4.46. The summed E-state index contributed by atoms with van der Waals surface area (Å²) in [4.78, 5) is 16.8. The Hall–Kier alpha value is -3.19. The SMILES string of the molecule is CC(C)=C1C(=O)Nc2ccc(CCN3CCN(c4noc5cc(F)ccc45)CC3)cc21. The molecule has 0 unspecified atom stereocenters. The molecule has 2 aliphatic heterocycles. The van der Waals surface area contributed by atoms with E-state index in [1.807, 2.05) is 19.9 Å². The minimum Gasteiger partial charge on any atom is -0.354 e. The Labute approximate surface area is 180 Å². The smallest absolute Gasteiger partial charge is 0.256 e. The summed E-state index contributed by atoms with van der Waals surface area (Å²) in [5.41, 5.74) is 5.47. The number of nitrogens with zero attached hydrogens (tertiary/aromatic N) is 3. The minimum absolute atomic E-state index is 0.00797. The van der Waals surface area contributed by atoms with Crippen molar-refractivity contribution in [3.05, 3.63) is 58.9 Å². The fraction of sp³-hybridized carbons (Fsp3) is 0.333. The summed E-state index contributed by atoms with van der Waals surface area (Å²) in [6, 6.07) is 10.8. The lowest BCUT2D eigenvalue weighted by molar-refractivity contribution is -0.110. The number of carbonyl (C=O) groups excluding carboxylic acids is 1. The molecule has 160 valence electrons. The zero-order valence-corrected chi connectivity index (χ0v) is 17.7. The van der Waals surface area contributed by atoms with Crippen LogP contribution in [0.5, 0.6) is 0 Å². The summed E-state index contributed by atoms with van der Waals surface area (Å²) in [7, 11) is 0. The van der Waals surface area contributed by atoms with Crippen LogP contribution in [0.25, 0.3) is 16.5 Å². The van der Waals surface area contributed by atoms with Crippen molar-refractivity contribution in [3.8, 4) is 0 Å². The minimum atomic E-state index is -0.316. The number of amides is 1. The Morgan fingerprint density at radius 1 is 1.13 bits per heavy atom. The Morgan fingerprint density at radius 2 is 1.94 bits per heavy atom. The highest BCUT2D eigenvalue weighted by molar-refractivity contribution is 6.32. The van der Waals surface area contributed by atoms with E-state index in [4.69, 9.17) is 4.52 Å². The predicted molar refractivity (Wildman–Crippen MR) is 120 cm³/mol. The molecule has 5 rings (SSSR count). The second kappa shape index (κ2) is 7.81. The first-order chi connectivity index (χ1) is 15.0. The van der Waals surface area contributed by atoms with Crippen LogP contribution in [0, 0.1) is 5.82 Å². The lowest BCUT2D eigenvalue weighted by atomic mass is 9.99. The average Bonchev–Trinajstić information content (AvgIpc) is 3.31. The van der Waals surface area contributed by atoms with Crippen molar-refractivity contribution in [2.45, 2.75) is 20.3 Å². The molecular weight excluding hydrogens is 395 g/mol. The number of piperazine rings is 1. The van der Waals surface area contributed by atoms with Gasteiger partial charge in [0.05, 0.1) is 5.39 Å². The van der Waals surface area contributed by atoms with Gasteiger partial charge in [0.1, 0.15) is 5.82 Å². The van der Waals surface area contributed by atoms with E-state index < -0.39 is 0 Å². The van der Waals surface area contributed by atoms with Gasteiger partial charge in [-0.1, -0.05) is 16.8 Å². The summed E-state index contributed by atoms with van der Waals surface area (Å²) in [5, 5.41) is 7.97. The largest absolute Gasteiger partial charge is 0.354 e. The normalized spacial score (nSPS) is 16.7. The summed E-state index contributed by atoms with van der Waals surface area (Å²) in [5.74, 6) is 0.467. The standard InChI is InChI=1S/C24H25FN4O2/c1-15(2)22-19-13-16(3-6-20(19)26-24(22)30)7-8-28-9-11-29(12-10-28)23-18-5-4-17(25)14-21(18)31-27-23/h3-6,13-14H,7-12H2,1-2H3,(H,26,30). The number of anilines is 2. The zero-order valence-electron chi connectivity index (χ0n) is 17.7. The molecule has 1 aromatic heterocycles. The maximum absolute atomic E-state index is 13.4. The van der Waals surface area contributed by atoms with Crippen LogP contribution in [0.3, 0.4) is 0 Å². The molecule has 1 fully saturated rings. The van der Waals surface area contributed by atoms with E-state index >= 15 is 0 Å². The molecule has 6 nitrogen and oxygen atoms in total. The molecule has 3 aromatic rings. The maximum atomic E-state index is 13.4. The topological polar surface area (TPSA) is 61.6 Å². The molecule has 2 aromatic carbocycles. The highest BCUT2D eigenvalue weighted by Gasteiger charge is 2.26. The predicted octanol–water partition coefficient (Wildman–Crippen LogP) is 4.08. The van der Waals surface area contributed by atoms with E-state index in [-0.39, 0.29) is 11.7 Å². The second-order valence-electron chi connectivity index (χ2n) is 8.43. The van der Waals surface area contributed by atoms with E-state index in [2.05, 4.69) is 32.4 Å². The number of carbonyl (C=O) groups is 1. The third-order valence-corrected chi connectivity index (χ3v) is 6.13. The third-order valence-electron chi connectivity index (χ3n) is 6.13. The number of fused-ring (bicyclic) bond motifs is 2. The molecule has 31 heavy (non-hydrogen) atoms. The van der Waals surface area contributed by atoms with Gasteiger partial charge in [0.15, 0.2) is 11.4 Å². The van der Waals surface area contributed by atoms with Gasteiger partial charge in [-0.15, -0.1) is 0 Å². The van der Waals surface area contributed by atoms with Gasteiger partial charge in [-0.2, -0.15) is 0 Å². The molecular formula is C24H25FN4O2. The van der Waals surface area contributed by atoms with Crippen LogP contribution >= 0.6 is 0 Å². The Kier molecular flexibility index (Phi) is 4.98. The first-order valence-electron chi connectivity index (χ1n) is 10.6. The number of rotatable bonds is 4. The second-order valence-corrected chi connectivity index (χ2v) is 8.43. The molecule has 1 amide bonds. The number of nitrogens with one attached hydrogen (secondary N) is 1. The molecule has 0 saturated carbocycles. The molecule has 2 aliphatic rings. The van der Waals surface area contributed by atoms with Gasteiger partial charge < -0.3 is 14.7 Å². The highest BCUT2D eigenvalue weighted by Crippen LogP contribution is 2.34. The van der Waals surface area contributed by atoms with Crippen LogP contribution in [0.15, 0.2) is 46.5 Å². The maximum Gasteiger partial charge on any atom is 0.256 e. The molecule has 0 aliphatic carbocycles. The van der Waals surface area contributed by atoms with E-state index in [9.17, 15) is 9.18 Å². The molecule has 3 heterocycles. The van der Waals surface area contributed by atoms with Crippen LogP contribution in [-0.4, -0.2) is 48.7 Å². The quantitative estimate of drug-likeness (QED) is 0.645. The summed E-state index contributed by atoms with van der Waals surface area (Å²) in [6.07, 6.45) is 0.934. The average molecular weight is 420 g/mol. The van der Waals surface area contributed by atoms with Gasteiger partial charge in [0.25, 0.3) is 5.91 Å². The van der Waals surface area contributed by atoms with Crippen molar-refractivity contribution in [2.24, 2.45) is 0 Å². The Morgan fingerprint density at radius 3 is 2.71 bits per heavy atom. The first-order valence-corrected chi connectivity index (χ1v) is 10.6. The highest BCUT2D eigenvalue weighted by atomic mass is 19.1.